The molecule has 2 rings (SSSR count). The van der Waals surface area contributed by atoms with Crippen molar-refractivity contribution in [1.82, 2.24) is 0 Å². The number of fused-ring (bicyclic) bond motifs is 1. The minimum atomic E-state index is -0.345. The van der Waals surface area contributed by atoms with E-state index >= 15 is 0 Å². The maximum Gasteiger partial charge on any atom is 0.371 e. The van der Waals surface area contributed by atoms with Crippen molar-refractivity contribution >= 4 is 16.8 Å². The van der Waals surface area contributed by atoms with Crippen LogP contribution in [0.3, 0.4) is 0 Å². The van der Waals surface area contributed by atoms with Gasteiger partial charge in [-0.3, -0.25) is 15.2 Å². The summed E-state index contributed by atoms with van der Waals surface area (Å²) in [6, 6.07) is 4.79. The predicted octanol–water partition coefficient (Wildman–Crippen LogP) is 0.409. The van der Waals surface area contributed by atoms with Gasteiger partial charge in [0.15, 0.2) is 0 Å². The molecule has 0 spiro atoms. The van der Waals surface area contributed by atoms with Crippen LogP contribution in [0.2, 0.25) is 0 Å². The number of nitrogens with zero attached hydrogens (tertiary/aromatic N) is 2. The summed E-state index contributed by atoms with van der Waals surface area (Å²) in [6.45, 7) is 2.87. The molecule has 18 heavy (non-hydrogen) atoms. The fourth-order valence-corrected chi connectivity index (χ4v) is 1.94. The largest absolute Gasteiger partial charge is 0.496 e. The lowest BCUT2D eigenvalue weighted by atomic mass is 10.2. The average molecular weight is 250 g/mol. The van der Waals surface area contributed by atoms with Crippen molar-refractivity contribution in [2.45, 2.75) is 13.8 Å². The number of hydrogen-bond donors (Lipinski definition) is 2. The third kappa shape index (κ3) is 1.62. The molecule has 0 radical (unpaired) electrons. The van der Waals surface area contributed by atoms with Crippen LogP contribution in [0.15, 0.2) is 18.2 Å². The maximum atomic E-state index is 11.5. The van der Waals surface area contributed by atoms with Crippen LogP contribution in [0.4, 0.5) is 0 Å². The Balaban J connectivity index is 2.94. The van der Waals surface area contributed by atoms with Gasteiger partial charge in [-0.15, -0.1) is 0 Å². The Labute approximate surface area is 103 Å². The second-order valence-corrected chi connectivity index (χ2v) is 3.97. The zero-order valence-corrected chi connectivity index (χ0v) is 10.3. The summed E-state index contributed by atoms with van der Waals surface area (Å²) in [5.41, 5.74) is 0.953. The van der Waals surface area contributed by atoms with Gasteiger partial charge in [0.1, 0.15) is 5.75 Å². The predicted molar refractivity (Wildman–Crippen MR) is 60.0 cm³/mol. The summed E-state index contributed by atoms with van der Waals surface area (Å²) in [7, 11) is 1.50. The van der Waals surface area contributed by atoms with Crippen molar-refractivity contribution in [2.75, 3.05) is 7.11 Å². The van der Waals surface area contributed by atoms with Crippen molar-refractivity contribution in [2.24, 2.45) is 0 Å². The molecule has 0 atom stereocenters. The van der Waals surface area contributed by atoms with Gasteiger partial charge in [-0.2, -0.15) is 0 Å². The minimum absolute atomic E-state index is 0.0262. The maximum absolute atomic E-state index is 11.5. The molecule has 2 N–H and O–H groups in total. The Hall–Kier alpha value is -2.37. The number of ether oxygens (including phenoxy) is 1. The van der Waals surface area contributed by atoms with E-state index < -0.39 is 0 Å². The molecular weight excluding hydrogens is 236 g/mol. The van der Waals surface area contributed by atoms with Crippen LogP contribution in [-0.4, -0.2) is 23.3 Å². The monoisotopic (exact) mass is 250 g/mol. The summed E-state index contributed by atoms with van der Waals surface area (Å²) in [4.78, 5) is 11.5. The molecule has 0 aliphatic rings. The van der Waals surface area contributed by atoms with Gasteiger partial charge in [0, 0.05) is 29.4 Å². The molecule has 1 aromatic carbocycles. The first-order valence-corrected chi connectivity index (χ1v) is 5.35. The van der Waals surface area contributed by atoms with Crippen LogP contribution in [0.1, 0.15) is 23.1 Å². The summed E-state index contributed by atoms with van der Waals surface area (Å²) in [5, 5.41) is 20.0. The molecule has 6 heteroatoms. The van der Waals surface area contributed by atoms with Gasteiger partial charge in [0.2, 0.25) is 5.78 Å². The molecule has 0 saturated heterocycles. The van der Waals surface area contributed by atoms with E-state index in [1.807, 2.05) is 0 Å². The highest BCUT2D eigenvalue weighted by atomic mass is 16.5. The van der Waals surface area contributed by atoms with E-state index in [9.17, 15) is 15.2 Å². The Bertz CT molecular complexity index is 652. The zero-order valence-electron chi connectivity index (χ0n) is 10.3. The fraction of sp³-hybridized carbons (Fsp3) is 0.250. The van der Waals surface area contributed by atoms with Crippen molar-refractivity contribution in [3.63, 3.8) is 0 Å². The fourth-order valence-electron chi connectivity index (χ4n) is 1.94. The summed E-state index contributed by atoms with van der Waals surface area (Å²) in [6.07, 6.45) is 0. The lowest BCUT2D eigenvalue weighted by Crippen LogP contribution is -2.49. The van der Waals surface area contributed by atoms with Crippen molar-refractivity contribution < 1.29 is 29.4 Å². The first-order valence-electron chi connectivity index (χ1n) is 5.35. The number of methoxy groups -OCH3 is 1. The number of carbonyl (C=O) groups excluding carboxylic acids is 1. The lowest BCUT2D eigenvalue weighted by Gasteiger charge is -2.00. The standard InChI is InChI=1S/C12H14N2O4/c1-7-12(8(2)15)14(17)11-6-9(18-3)4-5-10(11)13(7)16/h4-6,16-17H,1-3H3/q+2. The molecule has 1 heterocycles. The summed E-state index contributed by atoms with van der Waals surface area (Å²) >= 11 is 0. The van der Waals surface area contributed by atoms with Crippen LogP contribution in [0.25, 0.3) is 11.0 Å². The Morgan fingerprint density at radius 1 is 1.22 bits per heavy atom. The number of aromatic nitrogens is 2. The second-order valence-electron chi connectivity index (χ2n) is 3.97. The molecule has 0 aliphatic heterocycles. The number of rotatable bonds is 2. The first kappa shape index (κ1) is 12.1. The molecule has 0 amide bonds. The van der Waals surface area contributed by atoms with Crippen LogP contribution < -0.4 is 14.2 Å². The van der Waals surface area contributed by atoms with Crippen LogP contribution in [0.5, 0.6) is 5.75 Å². The molecule has 0 saturated carbocycles. The average Bonchev–Trinajstić information content (AvgIpc) is 2.35. The molecule has 0 aliphatic carbocycles. The minimum Gasteiger partial charge on any atom is -0.496 e. The van der Waals surface area contributed by atoms with E-state index in [4.69, 9.17) is 4.74 Å². The molecule has 0 fully saturated rings. The SMILES string of the molecule is COc1ccc2c(c1)[n+](O)c(C(C)=O)c(C)[n+]2O. The van der Waals surface area contributed by atoms with Crippen molar-refractivity contribution in [3.05, 3.63) is 29.6 Å². The highest BCUT2D eigenvalue weighted by Gasteiger charge is 2.35. The van der Waals surface area contributed by atoms with E-state index in [2.05, 4.69) is 0 Å². The number of carbonyl (C=O) groups is 1. The molecule has 2 aromatic rings. The third-order valence-electron chi connectivity index (χ3n) is 2.84. The summed E-state index contributed by atoms with van der Waals surface area (Å²) in [5.74, 6) is 0.172. The van der Waals surface area contributed by atoms with Gasteiger partial charge in [0.25, 0.3) is 0 Å². The Morgan fingerprint density at radius 3 is 2.44 bits per heavy atom. The van der Waals surface area contributed by atoms with E-state index in [1.165, 1.54) is 20.1 Å². The normalized spacial score (nSPS) is 10.6. The quantitative estimate of drug-likeness (QED) is 0.460. The van der Waals surface area contributed by atoms with Gasteiger partial charge in [-0.05, 0) is 6.07 Å². The van der Waals surface area contributed by atoms with E-state index in [-0.39, 0.29) is 22.7 Å². The third-order valence-corrected chi connectivity index (χ3v) is 2.84. The summed E-state index contributed by atoms with van der Waals surface area (Å²) < 4.78 is 6.69. The highest BCUT2D eigenvalue weighted by Crippen LogP contribution is 2.16. The van der Waals surface area contributed by atoms with Gasteiger partial charge in [-0.25, -0.2) is 0 Å². The van der Waals surface area contributed by atoms with Crippen molar-refractivity contribution in [1.29, 1.82) is 0 Å². The zero-order chi connectivity index (χ0) is 13.4. The first-order chi connectivity index (χ1) is 8.47. The van der Waals surface area contributed by atoms with Crippen molar-refractivity contribution in [3.8, 4) is 5.75 Å². The molecule has 0 unspecified atom stereocenters. The van der Waals surface area contributed by atoms with Gasteiger partial charge < -0.3 is 4.74 Å². The van der Waals surface area contributed by atoms with Gasteiger partial charge in [0.05, 0.1) is 13.2 Å². The lowest BCUT2D eigenvalue weighted by molar-refractivity contribution is -0.924. The number of benzene rings is 1. The van der Waals surface area contributed by atoms with Crippen LogP contribution in [-0.2, 0) is 0 Å². The Kier molecular flexibility index (Phi) is 2.78. The molecule has 6 nitrogen and oxygen atoms in total. The molecule has 0 bridgehead atoms. The number of hydrogen-bond acceptors (Lipinski definition) is 4. The molecule has 1 aromatic heterocycles. The number of Topliss-reactive ketones (excluding diaryl/α,β-unsaturated/α-hetero) is 1. The smallest absolute Gasteiger partial charge is 0.371 e. The van der Waals surface area contributed by atoms with Gasteiger partial charge >= 0.3 is 22.4 Å². The Morgan fingerprint density at radius 2 is 1.89 bits per heavy atom. The highest BCUT2D eigenvalue weighted by molar-refractivity contribution is 5.92. The van der Waals surface area contributed by atoms with E-state index in [1.54, 1.807) is 19.1 Å². The number of ketones is 1. The van der Waals surface area contributed by atoms with Crippen LogP contribution >= 0.6 is 0 Å². The molecular formula is C12H14N2O4+2. The van der Waals surface area contributed by atoms with E-state index in [0.29, 0.717) is 11.3 Å². The van der Waals surface area contributed by atoms with Crippen LogP contribution in [0, 0.1) is 6.92 Å². The van der Waals surface area contributed by atoms with Gasteiger partial charge in [-0.1, -0.05) is 0 Å². The second kappa shape index (κ2) is 4.14. The van der Waals surface area contributed by atoms with E-state index in [0.717, 1.165) is 9.46 Å². The topological polar surface area (TPSA) is 74.5 Å². The molecule has 94 valence electrons.